The van der Waals surface area contributed by atoms with Gasteiger partial charge >= 0.3 is 5.97 Å². The summed E-state index contributed by atoms with van der Waals surface area (Å²) in [6.07, 6.45) is 16.0. The van der Waals surface area contributed by atoms with Gasteiger partial charge in [0.25, 0.3) is 0 Å². The van der Waals surface area contributed by atoms with Crippen molar-refractivity contribution in [1.82, 2.24) is 5.32 Å². The zero-order valence-electron chi connectivity index (χ0n) is 22.9. The zero-order valence-corrected chi connectivity index (χ0v) is 22.9. The van der Waals surface area contributed by atoms with Gasteiger partial charge < -0.3 is 19.5 Å². The average molecular weight is 541 g/mol. The van der Waals surface area contributed by atoms with Crippen LogP contribution in [0.15, 0.2) is 29.3 Å². The topological polar surface area (TPSA) is 86.2 Å². The summed E-state index contributed by atoms with van der Waals surface area (Å²) in [6.45, 7) is 0.796. The number of nitrogens with one attached hydrogen (secondary N) is 1. The molecule has 0 radical (unpaired) electrons. The molecule has 5 atom stereocenters. The van der Waals surface area contributed by atoms with Crippen molar-refractivity contribution in [1.29, 1.82) is 0 Å². The quantitative estimate of drug-likeness (QED) is 0.233. The van der Waals surface area contributed by atoms with Crippen LogP contribution in [0.5, 0.6) is 0 Å². The second-order valence-corrected chi connectivity index (χ2v) is 11.5. The first-order chi connectivity index (χ1) is 19.0. The molecule has 3 heterocycles. The molecule has 1 amide bonds. The zero-order chi connectivity index (χ0) is 27.2. The summed E-state index contributed by atoms with van der Waals surface area (Å²) < 4.78 is 32.1. The molecule has 3 aliphatic heterocycles. The van der Waals surface area contributed by atoms with Gasteiger partial charge in [-0.3, -0.25) is 4.79 Å². The number of carbonyl (C=O) groups excluding carboxylic acids is 2. The minimum absolute atomic E-state index is 0.0111. The predicted octanol–water partition coefficient (Wildman–Crippen LogP) is 5.33. The van der Waals surface area contributed by atoms with Crippen molar-refractivity contribution < 1.29 is 28.2 Å². The molecule has 39 heavy (non-hydrogen) atoms. The third-order valence-electron chi connectivity index (χ3n) is 8.85. The Balaban J connectivity index is 1.26. The monoisotopic (exact) mass is 540 g/mol. The Labute approximate surface area is 230 Å². The highest BCUT2D eigenvalue weighted by Gasteiger charge is 2.48. The minimum atomic E-state index is -0.634. The second-order valence-electron chi connectivity index (χ2n) is 11.5. The third kappa shape index (κ3) is 6.89. The van der Waals surface area contributed by atoms with Gasteiger partial charge in [0.05, 0.1) is 25.2 Å². The van der Waals surface area contributed by atoms with E-state index >= 15 is 4.39 Å². The lowest BCUT2D eigenvalue weighted by Crippen LogP contribution is -2.35. The summed E-state index contributed by atoms with van der Waals surface area (Å²) in [5.41, 5.74) is 1.12. The highest BCUT2D eigenvalue weighted by Crippen LogP contribution is 2.47. The van der Waals surface area contributed by atoms with Crippen molar-refractivity contribution in [2.24, 2.45) is 16.8 Å². The molecule has 7 nitrogen and oxygen atoms in total. The Morgan fingerprint density at radius 3 is 2.77 bits per heavy atom. The van der Waals surface area contributed by atoms with E-state index in [4.69, 9.17) is 14.5 Å². The van der Waals surface area contributed by atoms with Crippen LogP contribution in [0.25, 0.3) is 6.08 Å². The van der Waals surface area contributed by atoms with Crippen LogP contribution in [-0.4, -0.2) is 56.3 Å². The number of rotatable bonds is 11. The number of hydrogen-bond donors (Lipinski definition) is 1. The lowest BCUT2D eigenvalue weighted by molar-refractivity contribution is -0.134. The molecule has 4 aliphatic rings. The van der Waals surface area contributed by atoms with E-state index in [9.17, 15) is 9.59 Å². The first kappa shape index (κ1) is 27.8. The Morgan fingerprint density at radius 2 is 2.03 bits per heavy atom. The van der Waals surface area contributed by atoms with E-state index in [2.05, 4.69) is 10.1 Å². The summed E-state index contributed by atoms with van der Waals surface area (Å²) in [5, 5.41) is 3.03. The highest BCUT2D eigenvalue weighted by atomic mass is 19.1. The van der Waals surface area contributed by atoms with E-state index in [-0.39, 0.29) is 36.5 Å². The van der Waals surface area contributed by atoms with Crippen molar-refractivity contribution in [3.05, 3.63) is 41.2 Å². The van der Waals surface area contributed by atoms with E-state index in [1.807, 2.05) is 0 Å². The van der Waals surface area contributed by atoms with Crippen LogP contribution in [0.4, 0.5) is 4.39 Å². The SMILES string of the molecule is COC(=O)/C=C/c1ccc(F)c(C(C2=NC(C(=O)NCCCCC3CCCCC3)CO2)[C@H]2CC3CCC2O3)c1. The first-order valence-corrected chi connectivity index (χ1v) is 14.7. The van der Waals surface area contributed by atoms with Gasteiger partial charge in [0.1, 0.15) is 12.4 Å². The second kappa shape index (κ2) is 13.1. The fourth-order valence-corrected chi connectivity index (χ4v) is 6.77. The molecule has 1 aromatic carbocycles. The van der Waals surface area contributed by atoms with Crippen LogP contribution in [-0.2, 0) is 23.8 Å². The highest BCUT2D eigenvalue weighted by molar-refractivity contribution is 5.92. The van der Waals surface area contributed by atoms with E-state index in [1.54, 1.807) is 18.2 Å². The smallest absolute Gasteiger partial charge is 0.330 e. The number of ether oxygens (including phenoxy) is 3. The lowest BCUT2D eigenvalue weighted by atomic mass is 9.76. The third-order valence-corrected chi connectivity index (χ3v) is 8.85. The Bertz CT molecular complexity index is 1080. The molecule has 1 saturated carbocycles. The number of nitrogens with zero attached hydrogens (tertiary/aromatic N) is 1. The molecule has 212 valence electrons. The number of unbranched alkanes of at least 4 members (excludes halogenated alkanes) is 1. The maximum absolute atomic E-state index is 15.3. The Hall–Kier alpha value is -2.74. The van der Waals surface area contributed by atoms with Crippen molar-refractivity contribution in [3.8, 4) is 0 Å². The molecule has 8 heteroatoms. The van der Waals surface area contributed by atoms with E-state index in [0.29, 0.717) is 23.6 Å². The molecule has 4 unspecified atom stereocenters. The number of methoxy groups -OCH3 is 1. The molecule has 3 fully saturated rings. The van der Waals surface area contributed by atoms with Gasteiger partial charge in [-0.25, -0.2) is 14.2 Å². The number of amides is 1. The van der Waals surface area contributed by atoms with E-state index in [0.717, 1.165) is 38.0 Å². The molecule has 1 aliphatic carbocycles. The van der Waals surface area contributed by atoms with Gasteiger partial charge in [-0.2, -0.15) is 0 Å². The molecule has 2 saturated heterocycles. The number of hydrogen-bond acceptors (Lipinski definition) is 6. The van der Waals surface area contributed by atoms with Gasteiger partial charge in [-0.15, -0.1) is 0 Å². The molecule has 1 aromatic rings. The number of benzene rings is 1. The molecule has 0 aromatic heterocycles. The summed E-state index contributed by atoms with van der Waals surface area (Å²) in [5.74, 6) is -0.173. The fraction of sp³-hybridized carbons (Fsp3) is 0.645. The molecule has 5 rings (SSSR count). The van der Waals surface area contributed by atoms with Crippen LogP contribution >= 0.6 is 0 Å². The Kier molecular flexibility index (Phi) is 9.32. The van der Waals surface area contributed by atoms with Crippen LogP contribution < -0.4 is 5.32 Å². The van der Waals surface area contributed by atoms with Crippen molar-refractivity contribution >= 4 is 23.9 Å². The van der Waals surface area contributed by atoms with E-state index in [1.165, 1.54) is 57.8 Å². The van der Waals surface area contributed by atoms with Crippen LogP contribution in [0, 0.1) is 17.7 Å². The molecular formula is C31H41FN2O5. The largest absolute Gasteiger partial charge is 0.478 e. The normalized spacial score (nSPS) is 27.4. The number of carbonyl (C=O) groups is 2. The number of esters is 1. The lowest BCUT2D eigenvalue weighted by Gasteiger charge is -2.28. The summed E-state index contributed by atoms with van der Waals surface area (Å²) in [7, 11) is 1.31. The first-order valence-electron chi connectivity index (χ1n) is 14.7. The van der Waals surface area contributed by atoms with Crippen LogP contribution in [0.3, 0.4) is 0 Å². The van der Waals surface area contributed by atoms with Crippen molar-refractivity contribution in [2.75, 3.05) is 20.3 Å². The van der Waals surface area contributed by atoms with Crippen molar-refractivity contribution in [3.63, 3.8) is 0 Å². The number of fused-ring (bicyclic) bond motifs is 2. The fourth-order valence-electron chi connectivity index (χ4n) is 6.77. The van der Waals surface area contributed by atoms with Crippen LogP contribution in [0.1, 0.15) is 87.7 Å². The molecular weight excluding hydrogens is 499 g/mol. The standard InChI is InChI=1S/C31H41FN2O5/c1-37-28(35)15-11-21-10-13-25(32)23(17-21)29(24-18-22-12-14-27(24)39-22)31-34-26(19-38-31)30(36)33-16-6-5-9-20-7-3-2-4-8-20/h10-11,13,15,17,20,22,24,26-27,29H,2-9,12,14,16,18-19H2,1H3,(H,33,36)/b15-11+/t22?,24-,26?,27?,29?/m0/s1. The minimum Gasteiger partial charge on any atom is -0.478 e. The number of aliphatic imine (C=N–C) groups is 1. The molecule has 1 N–H and O–H groups in total. The predicted molar refractivity (Wildman–Crippen MR) is 147 cm³/mol. The van der Waals surface area contributed by atoms with Gasteiger partial charge in [0, 0.05) is 24.1 Å². The summed E-state index contributed by atoms with van der Waals surface area (Å²) in [6, 6.07) is 4.12. The summed E-state index contributed by atoms with van der Waals surface area (Å²) in [4.78, 5) is 29.2. The van der Waals surface area contributed by atoms with E-state index < -0.39 is 17.9 Å². The van der Waals surface area contributed by atoms with Gasteiger partial charge in [-0.05, 0) is 55.4 Å². The Morgan fingerprint density at radius 1 is 1.18 bits per heavy atom. The van der Waals surface area contributed by atoms with Crippen molar-refractivity contribution in [2.45, 2.75) is 94.8 Å². The maximum Gasteiger partial charge on any atom is 0.330 e. The van der Waals surface area contributed by atoms with Crippen LogP contribution in [0.2, 0.25) is 0 Å². The van der Waals surface area contributed by atoms with Gasteiger partial charge in [0.2, 0.25) is 5.91 Å². The van der Waals surface area contributed by atoms with Gasteiger partial charge in [-0.1, -0.05) is 51.0 Å². The summed E-state index contributed by atoms with van der Waals surface area (Å²) >= 11 is 0. The maximum atomic E-state index is 15.3. The number of halogens is 1. The van der Waals surface area contributed by atoms with Gasteiger partial charge in [0.15, 0.2) is 11.9 Å². The molecule has 0 spiro atoms. The average Bonchev–Trinajstić information content (AvgIpc) is 3.72. The molecule has 2 bridgehead atoms.